The molecule has 1 aromatic rings. The second kappa shape index (κ2) is 5.46. The number of aliphatic hydroxyl groups is 1. The SMILES string of the molecule is CCc1ccc(OC[C@H](C)O)c([N+](=O)[O-])c1. The van der Waals surface area contributed by atoms with E-state index in [0.29, 0.717) is 0 Å². The van der Waals surface area contributed by atoms with Crippen molar-refractivity contribution in [3.8, 4) is 5.75 Å². The molecule has 0 amide bonds. The van der Waals surface area contributed by atoms with Gasteiger partial charge in [-0.05, 0) is 25.0 Å². The van der Waals surface area contributed by atoms with Crippen LogP contribution in [0.25, 0.3) is 0 Å². The van der Waals surface area contributed by atoms with Gasteiger partial charge in [0.2, 0.25) is 0 Å². The maximum atomic E-state index is 10.8. The van der Waals surface area contributed by atoms with Crippen LogP contribution in [0.4, 0.5) is 5.69 Å². The molecule has 0 heterocycles. The molecule has 1 atom stereocenters. The lowest BCUT2D eigenvalue weighted by molar-refractivity contribution is -0.386. The fraction of sp³-hybridized carbons (Fsp3) is 0.455. The second-order valence-electron chi connectivity index (χ2n) is 3.57. The average molecular weight is 225 g/mol. The van der Waals surface area contributed by atoms with E-state index in [1.165, 1.54) is 6.07 Å². The number of benzene rings is 1. The van der Waals surface area contributed by atoms with Gasteiger partial charge in [0.1, 0.15) is 6.61 Å². The number of nitro benzene ring substituents is 1. The highest BCUT2D eigenvalue weighted by Gasteiger charge is 2.15. The molecule has 16 heavy (non-hydrogen) atoms. The van der Waals surface area contributed by atoms with Crippen LogP contribution in [-0.4, -0.2) is 22.7 Å². The molecule has 88 valence electrons. The Kier molecular flexibility index (Phi) is 4.25. The number of rotatable bonds is 5. The Hall–Kier alpha value is -1.62. The first-order chi connectivity index (χ1) is 7.54. The van der Waals surface area contributed by atoms with E-state index in [0.717, 1.165) is 12.0 Å². The number of ether oxygens (including phenoxy) is 1. The molecule has 0 aromatic heterocycles. The zero-order valence-corrected chi connectivity index (χ0v) is 9.34. The summed E-state index contributed by atoms with van der Waals surface area (Å²) in [4.78, 5) is 10.3. The van der Waals surface area contributed by atoms with Crippen molar-refractivity contribution in [2.24, 2.45) is 0 Å². The highest BCUT2D eigenvalue weighted by Crippen LogP contribution is 2.28. The Bertz CT molecular complexity index is 376. The van der Waals surface area contributed by atoms with Crippen LogP contribution in [0.2, 0.25) is 0 Å². The molecule has 0 saturated carbocycles. The molecule has 1 aromatic carbocycles. The second-order valence-corrected chi connectivity index (χ2v) is 3.57. The van der Waals surface area contributed by atoms with Crippen LogP contribution in [0.1, 0.15) is 19.4 Å². The fourth-order valence-corrected chi connectivity index (χ4v) is 1.26. The van der Waals surface area contributed by atoms with Gasteiger partial charge in [-0.25, -0.2) is 0 Å². The van der Waals surface area contributed by atoms with Gasteiger partial charge >= 0.3 is 5.69 Å². The Balaban J connectivity index is 2.94. The van der Waals surface area contributed by atoms with E-state index < -0.39 is 11.0 Å². The number of aliphatic hydroxyl groups excluding tert-OH is 1. The summed E-state index contributed by atoms with van der Waals surface area (Å²) in [6, 6.07) is 4.85. The predicted molar refractivity (Wildman–Crippen MR) is 59.7 cm³/mol. The van der Waals surface area contributed by atoms with Gasteiger partial charge in [-0.15, -0.1) is 0 Å². The number of nitro groups is 1. The molecule has 5 heteroatoms. The summed E-state index contributed by atoms with van der Waals surface area (Å²) < 4.78 is 5.17. The summed E-state index contributed by atoms with van der Waals surface area (Å²) >= 11 is 0. The summed E-state index contributed by atoms with van der Waals surface area (Å²) in [5.74, 6) is 0.197. The van der Waals surface area contributed by atoms with Gasteiger partial charge in [0.15, 0.2) is 5.75 Å². The smallest absolute Gasteiger partial charge is 0.311 e. The molecule has 0 unspecified atom stereocenters. The van der Waals surface area contributed by atoms with Crippen molar-refractivity contribution in [2.75, 3.05) is 6.61 Å². The van der Waals surface area contributed by atoms with Gasteiger partial charge in [-0.3, -0.25) is 10.1 Å². The maximum absolute atomic E-state index is 10.8. The number of hydrogen-bond acceptors (Lipinski definition) is 4. The first kappa shape index (κ1) is 12.4. The summed E-state index contributed by atoms with van der Waals surface area (Å²) in [5, 5.41) is 19.8. The van der Waals surface area contributed by atoms with Crippen LogP contribution in [-0.2, 0) is 6.42 Å². The van der Waals surface area contributed by atoms with Crippen LogP contribution in [0, 0.1) is 10.1 Å². The lowest BCUT2D eigenvalue weighted by atomic mass is 10.1. The minimum atomic E-state index is -0.648. The van der Waals surface area contributed by atoms with Crippen LogP contribution in [0.15, 0.2) is 18.2 Å². The summed E-state index contributed by atoms with van der Waals surface area (Å²) in [6.07, 6.45) is 0.0859. The Morgan fingerprint density at radius 1 is 1.56 bits per heavy atom. The van der Waals surface area contributed by atoms with Crippen molar-refractivity contribution >= 4 is 5.69 Å². The molecule has 0 fully saturated rings. The topological polar surface area (TPSA) is 72.6 Å². The third kappa shape index (κ3) is 3.20. The molecule has 0 aliphatic heterocycles. The van der Waals surface area contributed by atoms with E-state index in [1.54, 1.807) is 19.1 Å². The van der Waals surface area contributed by atoms with Gasteiger partial charge in [0.05, 0.1) is 11.0 Å². The average Bonchev–Trinajstić information content (AvgIpc) is 2.25. The number of nitrogens with zero attached hydrogens (tertiary/aromatic N) is 1. The van der Waals surface area contributed by atoms with Gasteiger partial charge in [-0.2, -0.15) is 0 Å². The third-order valence-electron chi connectivity index (χ3n) is 2.11. The maximum Gasteiger partial charge on any atom is 0.311 e. The first-order valence-corrected chi connectivity index (χ1v) is 5.12. The van der Waals surface area contributed by atoms with E-state index in [1.807, 2.05) is 6.92 Å². The predicted octanol–water partition coefficient (Wildman–Crippen LogP) is 1.92. The highest BCUT2D eigenvalue weighted by atomic mass is 16.6. The molecule has 1 rings (SSSR count). The van der Waals surface area contributed by atoms with Crippen LogP contribution in [0.3, 0.4) is 0 Å². The van der Waals surface area contributed by atoms with Crippen molar-refractivity contribution in [3.63, 3.8) is 0 Å². The largest absolute Gasteiger partial charge is 0.484 e. The fourth-order valence-electron chi connectivity index (χ4n) is 1.26. The van der Waals surface area contributed by atoms with Gasteiger partial charge in [0.25, 0.3) is 0 Å². The molecule has 0 saturated heterocycles. The van der Waals surface area contributed by atoms with E-state index in [9.17, 15) is 10.1 Å². The van der Waals surface area contributed by atoms with Crippen LogP contribution in [0.5, 0.6) is 5.75 Å². The molecule has 0 radical (unpaired) electrons. The lowest BCUT2D eigenvalue weighted by Crippen LogP contribution is -2.13. The zero-order valence-electron chi connectivity index (χ0n) is 9.34. The molecule has 0 spiro atoms. The lowest BCUT2D eigenvalue weighted by Gasteiger charge is -2.09. The standard InChI is InChI=1S/C11H15NO4/c1-3-9-4-5-11(16-7-8(2)13)10(6-9)12(14)15/h4-6,8,13H,3,7H2,1-2H3/t8-/m0/s1. The van der Waals surface area contributed by atoms with E-state index >= 15 is 0 Å². The van der Waals surface area contributed by atoms with Crippen molar-refractivity contribution in [2.45, 2.75) is 26.4 Å². The summed E-state index contributed by atoms with van der Waals surface area (Å²) in [6.45, 7) is 3.54. The Morgan fingerprint density at radius 2 is 2.25 bits per heavy atom. The highest BCUT2D eigenvalue weighted by molar-refractivity contribution is 5.48. The minimum Gasteiger partial charge on any atom is -0.484 e. The van der Waals surface area contributed by atoms with E-state index in [2.05, 4.69) is 0 Å². The van der Waals surface area contributed by atoms with Crippen molar-refractivity contribution in [1.82, 2.24) is 0 Å². The van der Waals surface area contributed by atoms with Crippen LogP contribution < -0.4 is 4.74 Å². The van der Waals surface area contributed by atoms with Crippen LogP contribution >= 0.6 is 0 Å². The quantitative estimate of drug-likeness (QED) is 0.613. The first-order valence-electron chi connectivity index (χ1n) is 5.12. The van der Waals surface area contributed by atoms with E-state index in [4.69, 9.17) is 9.84 Å². The molecule has 0 aliphatic rings. The monoisotopic (exact) mass is 225 g/mol. The summed E-state index contributed by atoms with van der Waals surface area (Å²) in [7, 11) is 0. The van der Waals surface area contributed by atoms with Gasteiger partial charge in [0, 0.05) is 6.07 Å². The van der Waals surface area contributed by atoms with Gasteiger partial charge < -0.3 is 9.84 Å². The van der Waals surface area contributed by atoms with Crippen molar-refractivity contribution < 1.29 is 14.8 Å². The number of hydrogen-bond donors (Lipinski definition) is 1. The van der Waals surface area contributed by atoms with E-state index in [-0.39, 0.29) is 18.0 Å². The molecule has 0 bridgehead atoms. The Morgan fingerprint density at radius 3 is 2.75 bits per heavy atom. The molecule has 1 N–H and O–H groups in total. The molecular formula is C11H15NO4. The molecule has 0 aliphatic carbocycles. The van der Waals surface area contributed by atoms with Crippen molar-refractivity contribution in [1.29, 1.82) is 0 Å². The minimum absolute atomic E-state index is 0.0479. The summed E-state index contributed by atoms with van der Waals surface area (Å²) in [5.41, 5.74) is 0.830. The Labute approximate surface area is 93.8 Å². The molecular weight excluding hydrogens is 210 g/mol. The normalized spacial score (nSPS) is 12.2. The zero-order chi connectivity index (χ0) is 12.1. The third-order valence-corrected chi connectivity index (χ3v) is 2.11. The van der Waals surface area contributed by atoms with Crippen molar-refractivity contribution in [3.05, 3.63) is 33.9 Å². The van der Waals surface area contributed by atoms with Gasteiger partial charge in [-0.1, -0.05) is 13.0 Å². The molecule has 5 nitrogen and oxygen atoms in total. The number of aryl methyl sites for hydroxylation is 1.